The number of halogens is 1. The molecular formula is C11H17FN2. The quantitative estimate of drug-likeness (QED) is 0.795. The van der Waals surface area contributed by atoms with Gasteiger partial charge < -0.3 is 10.6 Å². The van der Waals surface area contributed by atoms with E-state index in [4.69, 9.17) is 5.73 Å². The Bertz CT molecular complexity index is 286. The van der Waals surface area contributed by atoms with Crippen LogP contribution in [-0.2, 0) is 0 Å². The van der Waals surface area contributed by atoms with E-state index < -0.39 is 0 Å². The highest BCUT2D eigenvalue weighted by Gasteiger charge is 2.10. The first kappa shape index (κ1) is 11.1. The van der Waals surface area contributed by atoms with Crippen LogP contribution >= 0.6 is 0 Å². The average Bonchev–Trinajstić information content (AvgIpc) is 2.15. The Kier molecular flexibility index (Phi) is 4.04. The summed E-state index contributed by atoms with van der Waals surface area (Å²) in [5.41, 5.74) is 6.48. The molecule has 1 atom stereocenters. The second-order valence-corrected chi connectivity index (χ2v) is 3.72. The van der Waals surface area contributed by atoms with Gasteiger partial charge in [-0.05, 0) is 33.1 Å². The van der Waals surface area contributed by atoms with Crippen molar-refractivity contribution in [3.05, 3.63) is 35.6 Å². The molecule has 0 amide bonds. The minimum Gasteiger partial charge on any atom is -0.324 e. The summed E-state index contributed by atoms with van der Waals surface area (Å²) in [5.74, 6) is -0.209. The van der Waals surface area contributed by atoms with Crippen LogP contribution in [0.5, 0.6) is 0 Å². The lowest BCUT2D eigenvalue weighted by Crippen LogP contribution is -2.20. The van der Waals surface area contributed by atoms with E-state index >= 15 is 0 Å². The zero-order valence-corrected chi connectivity index (χ0v) is 8.70. The molecule has 0 aliphatic rings. The average molecular weight is 196 g/mol. The normalized spacial score (nSPS) is 13.2. The van der Waals surface area contributed by atoms with Gasteiger partial charge in [0.05, 0.1) is 0 Å². The molecule has 1 unspecified atom stereocenters. The van der Waals surface area contributed by atoms with E-state index in [1.165, 1.54) is 6.07 Å². The van der Waals surface area contributed by atoms with Gasteiger partial charge in [0.25, 0.3) is 0 Å². The Balaban J connectivity index is 2.60. The fourth-order valence-electron chi connectivity index (χ4n) is 1.33. The molecule has 1 rings (SSSR count). The third-order valence-corrected chi connectivity index (χ3v) is 2.19. The molecule has 0 radical (unpaired) electrons. The van der Waals surface area contributed by atoms with Crippen LogP contribution in [0, 0.1) is 5.82 Å². The highest BCUT2D eigenvalue weighted by molar-refractivity contribution is 5.20. The van der Waals surface area contributed by atoms with Crippen LogP contribution in [0.2, 0.25) is 0 Å². The van der Waals surface area contributed by atoms with Gasteiger partial charge >= 0.3 is 0 Å². The van der Waals surface area contributed by atoms with Crippen LogP contribution < -0.4 is 5.73 Å². The molecule has 0 saturated carbocycles. The van der Waals surface area contributed by atoms with Gasteiger partial charge in [0.1, 0.15) is 5.82 Å². The molecule has 0 saturated heterocycles. The van der Waals surface area contributed by atoms with Gasteiger partial charge in [-0.3, -0.25) is 0 Å². The number of hydrogen-bond donors (Lipinski definition) is 1. The maximum Gasteiger partial charge on any atom is 0.127 e. The van der Waals surface area contributed by atoms with Crippen LogP contribution in [0.3, 0.4) is 0 Å². The maximum atomic E-state index is 13.3. The second kappa shape index (κ2) is 5.08. The van der Waals surface area contributed by atoms with E-state index in [9.17, 15) is 4.39 Å². The zero-order chi connectivity index (χ0) is 10.6. The lowest BCUT2D eigenvalue weighted by atomic mass is 10.0. The van der Waals surface area contributed by atoms with Crippen LogP contribution in [0.4, 0.5) is 4.39 Å². The number of nitrogens with zero attached hydrogens (tertiary/aromatic N) is 1. The molecule has 0 aliphatic heterocycles. The van der Waals surface area contributed by atoms with Crippen LogP contribution in [0.1, 0.15) is 18.0 Å². The van der Waals surface area contributed by atoms with Gasteiger partial charge in [0.2, 0.25) is 0 Å². The smallest absolute Gasteiger partial charge is 0.127 e. The third kappa shape index (κ3) is 3.09. The highest BCUT2D eigenvalue weighted by atomic mass is 19.1. The molecule has 1 aromatic carbocycles. The minimum absolute atomic E-state index is 0.209. The summed E-state index contributed by atoms with van der Waals surface area (Å²) in [6, 6.07) is 6.48. The van der Waals surface area contributed by atoms with E-state index in [1.54, 1.807) is 12.1 Å². The van der Waals surface area contributed by atoms with Crippen molar-refractivity contribution in [2.24, 2.45) is 5.73 Å². The van der Waals surface area contributed by atoms with Gasteiger partial charge in [-0.1, -0.05) is 18.2 Å². The lowest BCUT2D eigenvalue weighted by molar-refractivity contribution is 0.380. The molecule has 0 spiro atoms. The summed E-state index contributed by atoms with van der Waals surface area (Å²) in [5, 5.41) is 0. The van der Waals surface area contributed by atoms with E-state index in [0.717, 1.165) is 13.0 Å². The van der Waals surface area contributed by atoms with E-state index in [-0.39, 0.29) is 11.9 Å². The molecular weight excluding hydrogens is 179 g/mol. The van der Waals surface area contributed by atoms with Crippen LogP contribution in [0.25, 0.3) is 0 Å². The predicted octanol–water partition coefficient (Wildman–Crippen LogP) is 1.78. The van der Waals surface area contributed by atoms with Crippen molar-refractivity contribution in [2.45, 2.75) is 12.5 Å². The lowest BCUT2D eigenvalue weighted by Gasteiger charge is -2.15. The molecule has 0 aromatic heterocycles. The SMILES string of the molecule is CN(C)CCC(N)c1ccccc1F. The molecule has 2 nitrogen and oxygen atoms in total. The van der Waals surface area contributed by atoms with Crippen LogP contribution in [0.15, 0.2) is 24.3 Å². The molecule has 0 bridgehead atoms. The molecule has 0 heterocycles. The summed E-state index contributed by atoms with van der Waals surface area (Å²) < 4.78 is 13.3. The number of nitrogens with two attached hydrogens (primary N) is 1. The standard InChI is InChI=1S/C11H17FN2/c1-14(2)8-7-11(13)9-5-3-4-6-10(9)12/h3-6,11H,7-8,13H2,1-2H3. The van der Waals surface area contributed by atoms with Crippen molar-refractivity contribution in [3.8, 4) is 0 Å². The molecule has 1 aromatic rings. The van der Waals surface area contributed by atoms with Gasteiger partial charge in [-0.15, -0.1) is 0 Å². The Labute approximate surface area is 84.5 Å². The first-order chi connectivity index (χ1) is 6.61. The van der Waals surface area contributed by atoms with E-state index in [0.29, 0.717) is 5.56 Å². The zero-order valence-electron chi connectivity index (χ0n) is 8.70. The van der Waals surface area contributed by atoms with Crippen molar-refractivity contribution < 1.29 is 4.39 Å². The molecule has 3 heteroatoms. The molecule has 78 valence electrons. The van der Waals surface area contributed by atoms with Crippen molar-refractivity contribution >= 4 is 0 Å². The van der Waals surface area contributed by atoms with Crippen molar-refractivity contribution in [1.82, 2.24) is 4.90 Å². The van der Waals surface area contributed by atoms with Crippen molar-refractivity contribution in [2.75, 3.05) is 20.6 Å². The first-order valence-electron chi connectivity index (χ1n) is 4.76. The summed E-state index contributed by atoms with van der Waals surface area (Å²) in [4.78, 5) is 2.04. The van der Waals surface area contributed by atoms with E-state index in [2.05, 4.69) is 0 Å². The fourth-order valence-corrected chi connectivity index (χ4v) is 1.33. The van der Waals surface area contributed by atoms with E-state index in [1.807, 2.05) is 25.1 Å². The van der Waals surface area contributed by atoms with Gasteiger partial charge in [-0.2, -0.15) is 0 Å². The molecule has 2 N–H and O–H groups in total. The summed E-state index contributed by atoms with van der Waals surface area (Å²) >= 11 is 0. The van der Waals surface area contributed by atoms with Crippen molar-refractivity contribution in [3.63, 3.8) is 0 Å². The van der Waals surface area contributed by atoms with Gasteiger partial charge in [0, 0.05) is 11.6 Å². The predicted molar refractivity (Wildman–Crippen MR) is 56.5 cm³/mol. The molecule has 0 aliphatic carbocycles. The Morgan fingerprint density at radius 2 is 2.00 bits per heavy atom. The van der Waals surface area contributed by atoms with Crippen LogP contribution in [-0.4, -0.2) is 25.5 Å². The maximum absolute atomic E-state index is 13.3. The fraction of sp³-hybridized carbons (Fsp3) is 0.455. The van der Waals surface area contributed by atoms with Crippen molar-refractivity contribution in [1.29, 1.82) is 0 Å². The Morgan fingerprint density at radius 1 is 1.36 bits per heavy atom. The van der Waals surface area contributed by atoms with Gasteiger partial charge in [0.15, 0.2) is 0 Å². The number of rotatable bonds is 4. The summed E-state index contributed by atoms with van der Waals surface area (Å²) in [6.45, 7) is 0.871. The van der Waals surface area contributed by atoms with Gasteiger partial charge in [-0.25, -0.2) is 4.39 Å². The number of benzene rings is 1. The molecule has 14 heavy (non-hydrogen) atoms. The Morgan fingerprint density at radius 3 is 2.57 bits per heavy atom. The third-order valence-electron chi connectivity index (χ3n) is 2.19. The largest absolute Gasteiger partial charge is 0.324 e. The summed E-state index contributed by atoms with van der Waals surface area (Å²) in [7, 11) is 3.96. The minimum atomic E-state index is -0.210. The topological polar surface area (TPSA) is 29.3 Å². The monoisotopic (exact) mass is 196 g/mol. The highest BCUT2D eigenvalue weighted by Crippen LogP contribution is 2.17. The summed E-state index contributed by atoms with van der Waals surface area (Å²) in [6.07, 6.45) is 0.772. The second-order valence-electron chi connectivity index (χ2n) is 3.72. The number of hydrogen-bond acceptors (Lipinski definition) is 2. The molecule has 0 fully saturated rings. The first-order valence-corrected chi connectivity index (χ1v) is 4.76. The Hall–Kier alpha value is -0.930.